The van der Waals surface area contributed by atoms with Crippen molar-refractivity contribution in [2.24, 2.45) is 0 Å². The average Bonchev–Trinajstić information content (AvgIpc) is 2.05. The van der Waals surface area contributed by atoms with E-state index in [0.29, 0.717) is 5.92 Å². The van der Waals surface area contributed by atoms with Crippen LogP contribution in [0.3, 0.4) is 0 Å². The van der Waals surface area contributed by atoms with Gasteiger partial charge in [0.05, 0.1) is 0 Å². The molecular weight excluding hydrogens is 188 g/mol. The van der Waals surface area contributed by atoms with Crippen molar-refractivity contribution >= 4 is 15.9 Å². The lowest BCUT2D eigenvalue weighted by molar-refractivity contribution is 0.888. The molecule has 0 nitrogen and oxygen atoms in total. The summed E-state index contributed by atoms with van der Waals surface area (Å²) in [5, 5.41) is 1.04. The smallest absolute Gasteiger partial charge is 0.00975 e. The molecule has 0 aliphatic carbocycles. The highest BCUT2D eigenvalue weighted by Crippen LogP contribution is 2.15. The van der Waals surface area contributed by atoms with Gasteiger partial charge in [0.1, 0.15) is 0 Å². The largest absolute Gasteiger partial charge is 0.0922 e. The lowest BCUT2D eigenvalue weighted by Crippen LogP contribution is -1.92. The van der Waals surface area contributed by atoms with E-state index in [1.807, 2.05) is 6.07 Å². The molecule has 1 aromatic carbocycles. The van der Waals surface area contributed by atoms with Gasteiger partial charge in [-0.2, -0.15) is 0 Å². The van der Waals surface area contributed by atoms with E-state index in [4.69, 9.17) is 0 Å². The second kappa shape index (κ2) is 3.77. The van der Waals surface area contributed by atoms with E-state index in [1.54, 1.807) is 0 Å². The molecule has 0 fully saturated rings. The number of halogens is 1. The Balaban J connectivity index is 2.75. The van der Waals surface area contributed by atoms with Crippen molar-refractivity contribution in [1.29, 1.82) is 0 Å². The summed E-state index contributed by atoms with van der Waals surface area (Å²) in [6.07, 6.45) is 0. The number of alkyl halides is 1. The zero-order valence-electron chi connectivity index (χ0n) is 6.05. The maximum atomic E-state index is 3.45. The molecule has 0 unspecified atom stereocenters. The number of rotatable bonds is 2. The van der Waals surface area contributed by atoms with E-state index < -0.39 is 0 Å². The summed E-state index contributed by atoms with van der Waals surface area (Å²) in [4.78, 5) is 0. The molecule has 0 radical (unpaired) electrons. The topological polar surface area (TPSA) is 0 Å². The maximum Gasteiger partial charge on any atom is 0.00975 e. The SMILES string of the molecule is C[C@H](CBr)c1ccccc1. The van der Waals surface area contributed by atoms with Crippen LogP contribution in [0, 0.1) is 0 Å². The Hall–Kier alpha value is -0.300. The van der Waals surface area contributed by atoms with Crippen LogP contribution in [0.25, 0.3) is 0 Å². The van der Waals surface area contributed by atoms with Gasteiger partial charge in [-0.3, -0.25) is 0 Å². The predicted molar refractivity (Wildman–Crippen MR) is 48.7 cm³/mol. The molecule has 0 N–H and O–H groups in total. The van der Waals surface area contributed by atoms with Gasteiger partial charge in [0.15, 0.2) is 0 Å². The molecule has 1 rings (SSSR count). The van der Waals surface area contributed by atoms with Crippen LogP contribution in [0.5, 0.6) is 0 Å². The first kappa shape index (κ1) is 7.80. The molecule has 0 heterocycles. The van der Waals surface area contributed by atoms with Gasteiger partial charge >= 0.3 is 0 Å². The molecule has 0 spiro atoms. The summed E-state index contributed by atoms with van der Waals surface area (Å²) < 4.78 is 0. The fraction of sp³-hybridized carbons (Fsp3) is 0.333. The summed E-state index contributed by atoms with van der Waals surface area (Å²) in [5.41, 5.74) is 1.40. The highest BCUT2D eigenvalue weighted by atomic mass is 79.9. The summed E-state index contributed by atoms with van der Waals surface area (Å²) in [6.45, 7) is 2.21. The number of hydrogen-bond donors (Lipinski definition) is 0. The fourth-order valence-electron chi connectivity index (χ4n) is 0.871. The molecule has 10 heavy (non-hydrogen) atoms. The van der Waals surface area contributed by atoms with Gasteiger partial charge in [0.25, 0.3) is 0 Å². The Labute approximate surface area is 70.4 Å². The maximum absolute atomic E-state index is 3.45. The molecule has 0 saturated carbocycles. The zero-order valence-corrected chi connectivity index (χ0v) is 7.64. The Kier molecular flexibility index (Phi) is 2.94. The normalized spacial score (nSPS) is 13.0. The van der Waals surface area contributed by atoms with Crippen molar-refractivity contribution in [1.82, 2.24) is 0 Å². The van der Waals surface area contributed by atoms with Crippen molar-refractivity contribution in [3.05, 3.63) is 35.9 Å². The van der Waals surface area contributed by atoms with Gasteiger partial charge in [0, 0.05) is 5.33 Å². The standard InChI is InChI=1S/C9H11Br/c1-8(7-10)9-5-3-2-4-6-9/h2-6,8H,7H2,1H3/t8-/m1/s1. The van der Waals surface area contributed by atoms with Gasteiger partial charge in [-0.1, -0.05) is 53.2 Å². The third kappa shape index (κ3) is 1.84. The lowest BCUT2D eigenvalue weighted by atomic mass is 10.0. The fourth-order valence-corrected chi connectivity index (χ4v) is 1.24. The molecule has 1 heteroatoms. The van der Waals surface area contributed by atoms with Crippen molar-refractivity contribution in [3.63, 3.8) is 0 Å². The number of hydrogen-bond acceptors (Lipinski definition) is 0. The quantitative estimate of drug-likeness (QED) is 0.641. The first-order chi connectivity index (χ1) is 4.84. The van der Waals surface area contributed by atoms with E-state index in [0.717, 1.165) is 5.33 Å². The van der Waals surface area contributed by atoms with Crippen molar-refractivity contribution < 1.29 is 0 Å². The minimum Gasteiger partial charge on any atom is -0.0922 e. The Morgan fingerprint density at radius 3 is 2.40 bits per heavy atom. The van der Waals surface area contributed by atoms with Gasteiger partial charge in [0.2, 0.25) is 0 Å². The molecule has 0 saturated heterocycles. The summed E-state index contributed by atoms with van der Waals surface area (Å²) in [7, 11) is 0. The van der Waals surface area contributed by atoms with E-state index >= 15 is 0 Å². The lowest BCUT2D eigenvalue weighted by Gasteiger charge is -2.05. The zero-order chi connectivity index (χ0) is 7.40. The molecule has 0 amide bonds. The van der Waals surface area contributed by atoms with Crippen LogP contribution >= 0.6 is 15.9 Å². The first-order valence-corrected chi connectivity index (χ1v) is 4.57. The highest BCUT2D eigenvalue weighted by molar-refractivity contribution is 9.09. The summed E-state index contributed by atoms with van der Waals surface area (Å²) in [6, 6.07) is 10.5. The van der Waals surface area contributed by atoms with Crippen LogP contribution in [0.2, 0.25) is 0 Å². The second-order valence-electron chi connectivity index (χ2n) is 2.47. The minimum atomic E-state index is 0.626. The Bertz CT molecular complexity index is 181. The van der Waals surface area contributed by atoms with Gasteiger partial charge in [-0.25, -0.2) is 0 Å². The van der Waals surface area contributed by atoms with E-state index in [9.17, 15) is 0 Å². The average molecular weight is 199 g/mol. The molecule has 0 aliphatic heterocycles. The third-order valence-electron chi connectivity index (χ3n) is 1.60. The van der Waals surface area contributed by atoms with E-state index in [2.05, 4.69) is 47.1 Å². The van der Waals surface area contributed by atoms with Crippen LogP contribution in [-0.2, 0) is 0 Å². The van der Waals surface area contributed by atoms with Crippen LogP contribution in [0.15, 0.2) is 30.3 Å². The van der Waals surface area contributed by atoms with E-state index in [1.165, 1.54) is 5.56 Å². The monoisotopic (exact) mass is 198 g/mol. The predicted octanol–water partition coefficient (Wildman–Crippen LogP) is 3.19. The molecule has 0 aliphatic rings. The summed E-state index contributed by atoms with van der Waals surface area (Å²) in [5.74, 6) is 0.626. The molecule has 0 aromatic heterocycles. The van der Waals surface area contributed by atoms with Crippen LogP contribution in [-0.4, -0.2) is 5.33 Å². The van der Waals surface area contributed by atoms with Crippen molar-refractivity contribution in [2.45, 2.75) is 12.8 Å². The van der Waals surface area contributed by atoms with Gasteiger partial charge in [-0.15, -0.1) is 0 Å². The van der Waals surface area contributed by atoms with Crippen LogP contribution in [0.1, 0.15) is 18.4 Å². The first-order valence-electron chi connectivity index (χ1n) is 3.45. The Morgan fingerprint density at radius 1 is 1.30 bits per heavy atom. The molecule has 1 aromatic rings. The van der Waals surface area contributed by atoms with Gasteiger partial charge < -0.3 is 0 Å². The van der Waals surface area contributed by atoms with Crippen molar-refractivity contribution in [3.8, 4) is 0 Å². The second-order valence-corrected chi connectivity index (χ2v) is 3.11. The van der Waals surface area contributed by atoms with Crippen LogP contribution in [0.4, 0.5) is 0 Å². The third-order valence-corrected chi connectivity index (χ3v) is 2.57. The minimum absolute atomic E-state index is 0.626. The molecular formula is C9H11Br. The molecule has 0 bridgehead atoms. The van der Waals surface area contributed by atoms with Gasteiger partial charge in [-0.05, 0) is 11.5 Å². The highest BCUT2D eigenvalue weighted by Gasteiger charge is 1.99. The number of benzene rings is 1. The molecule has 1 atom stereocenters. The van der Waals surface area contributed by atoms with E-state index in [-0.39, 0.29) is 0 Å². The van der Waals surface area contributed by atoms with Crippen molar-refractivity contribution in [2.75, 3.05) is 5.33 Å². The Morgan fingerprint density at radius 2 is 1.90 bits per heavy atom. The van der Waals surface area contributed by atoms with Crippen LogP contribution < -0.4 is 0 Å². The summed E-state index contributed by atoms with van der Waals surface area (Å²) >= 11 is 3.45. The molecule has 54 valence electrons.